The monoisotopic (exact) mass is 307 g/mol. The Morgan fingerprint density at radius 2 is 1.87 bits per heavy atom. The molecule has 3 rings (SSSR count). The van der Waals surface area contributed by atoms with E-state index in [9.17, 15) is 4.79 Å². The van der Waals surface area contributed by atoms with Crippen LogP contribution in [0.2, 0.25) is 0 Å². The molecule has 0 N–H and O–H groups in total. The molecule has 2 aromatic rings. The number of carbonyl (C=O) groups excluding carboxylic acids is 1. The lowest BCUT2D eigenvalue weighted by atomic mass is 10.1. The normalized spacial score (nSPS) is 15.5. The molecule has 116 valence electrons. The Kier molecular flexibility index (Phi) is 4.24. The van der Waals surface area contributed by atoms with Gasteiger partial charge in [-0.05, 0) is 41.8 Å². The van der Waals surface area contributed by atoms with Crippen molar-refractivity contribution in [1.82, 2.24) is 0 Å². The molecule has 0 aromatic heterocycles. The van der Waals surface area contributed by atoms with Gasteiger partial charge in [0.15, 0.2) is 5.70 Å². The van der Waals surface area contributed by atoms with Gasteiger partial charge in [0.1, 0.15) is 5.75 Å². The van der Waals surface area contributed by atoms with Gasteiger partial charge in [-0.1, -0.05) is 36.4 Å². The molecule has 4 heteroatoms. The summed E-state index contributed by atoms with van der Waals surface area (Å²) >= 11 is 0. The number of aryl methyl sites for hydroxylation is 1. The van der Waals surface area contributed by atoms with E-state index in [0.29, 0.717) is 18.0 Å². The van der Waals surface area contributed by atoms with Gasteiger partial charge in [-0.3, -0.25) is 0 Å². The third kappa shape index (κ3) is 3.48. The predicted octanol–water partition coefficient (Wildman–Crippen LogP) is 3.54. The number of carbonyl (C=O) groups is 1. The van der Waals surface area contributed by atoms with E-state index in [1.54, 1.807) is 13.2 Å². The molecule has 0 spiro atoms. The minimum absolute atomic E-state index is 0.336. The molecular weight excluding hydrogens is 290 g/mol. The summed E-state index contributed by atoms with van der Waals surface area (Å²) in [5, 5.41) is 0. The zero-order valence-corrected chi connectivity index (χ0v) is 13.1. The van der Waals surface area contributed by atoms with Crippen LogP contribution >= 0.6 is 0 Å². The topological polar surface area (TPSA) is 47.9 Å². The van der Waals surface area contributed by atoms with E-state index in [4.69, 9.17) is 9.47 Å². The van der Waals surface area contributed by atoms with Gasteiger partial charge in [0.05, 0.1) is 7.11 Å². The van der Waals surface area contributed by atoms with Crippen molar-refractivity contribution in [3.8, 4) is 5.75 Å². The fraction of sp³-hybridized carbons (Fsp3) is 0.158. The highest BCUT2D eigenvalue weighted by Gasteiger charge is 2.23. The summed E-state index contributed by atoms with van der Waals surface area (Å²) in [6, 6.07) is 15.4. The van der Waals surface area contributed by atoms with Crippen molar-refractivity contribution in [2.45, 2.75) is 13.3 Å². The second-order valence-corrected chi connectivity index (χ2v) is 5.31. The molecule has 0 fully saturated rings. The predicted molar refractivity (Wildman–Crippen MR) is 89.4 cm³/mol. The third-order valence-corrected chi connectivity index (χ3v) is 3.66. The maximum Gasteiger partial charge on any atom is 0.363 e. The minimum Gasteiger partial charge on any atom is -0.497 e. The van der Waals surface area contributed by atoms with Crippen molar-refractivity contribution in [3.63, 3.8) is 0 Å². The van der Waals surface area contributed by atoms with E-state index in [0.717, 1.165) is 22.4 Å². The second-order valence-electron chi connectivity index (χ2n) is 5.31. The Morgan fingerprint density at radius 3 is 2.57 bits per heavy atom. The average Bonchev–Trinajstić information content (AvgIpc) is 2.90. The third-order valence-electron chi connectivity index (χ3n) is 3.66. The number of methoxy groups -OCH3 is 1. The first-order valence-electron chi connectivity index (χ1n) is 7.36. The van der Waals surface area contributed by atoms with Gasteiger partial charge < -0.3 is 9.47 Å². The fourth-order valence-corrected chi connectivity index (χ4v) is 2.34. The smallest absolute Gasteiger partial charge is 0.363 e. The van der Waals surface area contributed by atoms with Crippen LogP contribution in [0.3, 0.4) is 0 Å². The summed E-state index contributed by atoms with van der Waals surface area (Å²) in [5.41, 5.74) is 3.40. The molecule has 1 aliphatic rings. The highest BCUT2D eigenvalue weighted by atomic mass is 16.6. The molecule has 0 saturated carbocycles. The molecule has 2 aromatic carbocycles. The van der Waals surface area contributed by atoms with Crippen LogP contribution in [0.5, 0.6) is 5.75 Å². The fourth-order valence-electron chi connectivity index (χ4n) is 2.34. The number of hydrogen-bond donors (Lipinski definition) is 0. The van der Waals surface area contributed by atoms with Crippen LogP contribution < -0.4 is 4.74 Å². The van der Waals surface area contributed by atoms with Gasteiger partial charge in [-0.25, -0.2) is 9.79 Å². The lowest BCUT2D eigenvalue weighted by molar-refractivity contribution is -0.130. The van der Waals surface area contributed by atoms with Crippen LogP contribution in [-0.2, 0) is 16.0 Å². The number of rotatable bonds is 4. The molecule has 23 heavy (non-hydrogen) atoms. The lowest BCUT2D eigenvalue weighted by Crippen LogP contribution is -2.06. The van der Waals surface area contributed by atoms with Crippen LogP contribution in [-0.4, -0.2) is 19.0 Å². The first-order valence-corrected chi connectivity index (χ1v) is 7.36. The van der Waals surface area contributed by atoms with Crippen molar-refractivity contribution in [2.75, 3.05) is 7.11 Å². The summed E-state index contributed by atoms with van der Waals surface area (Å²) in [5.74, 6) is 0.802. The van der Waals surface area contributed by atoms with Gasteiger partial charge in [0, 0.05) is 6.42 Å². The van der Waals surface area contributed by atoms with Crippen LogP contribution in [0.1, 0.15) is 16.7 Å². The number of hydrogen-bond acceptors (Lipinski definition) is 4. The zero-order chi connectivity index (χ0) is 16.2. The summed E-state index contributed by atoms with van der Waals surface area (Å²) in [4.78, 5) is 16.3. The first-order chi connectivity index (χ1) is 11.2. The quantitative estimate of drug-likeness (QED) is 0.641. The molecule has 0 bridgehead atoms. The van der Waals surface area contributed by atoms with Gasteiger partial charge >= 0.3 is 5.97 Å². The molecule has 4 nitrogen and oxygen atoms in total. The standard InChI is InChI=1S/C19H17NO3/c1-13-5-3-4-6-15(13)12-17-19(21)23-18(20-17)11-14-7-9-16(22-2)10-8-14/h3-10,12H,11H2,1-2H3/b17-12-. The molecule has 0 radical (unpaired) electrons. The summed E-state index contributed by atoms with van der Waals surface area (Å²) < 4.78 is 10.4. The Hall–Kier alpha value is -2.88. The summed E-state index contributed by atoms with van der Waals surface area (Å²) in [7, 11) is 1.63. The number of esters is 1. The largest absolute Gasteiger partial charge is 0.497 e. The molecule has 1 heterocycles. The maximum atomic E-state index is 12.0. The van der Waals surface area contributed by atoms with Crippen molar-refractivity contribution < 1.29 is 14.3 Å². The van der Waals surface area contributed by atoms with Gasteiger partial charge in [0.25, 0.3) is 0 Å². The molecule has 0 unspecified atom stereocenters. The minimum atomic E-state index is -0.406. The van der Waals surface area contributed by atoms with E-state index < -0.39 is 5.97 Å². The molecule has 1 aliphatic heterocycles. The highest BCUT2D eigenvalue weighted by molar-refractivity contribution is 6.07. The number of benzene rings is 2. The van der Waals surface area contributed by atoms with Crippen LogP contribution in [0.15, 0.2) is 59.2 Å². The molecule has 0 atom stereocenters. The van der Waals surface area contributed by atoms with Gasteiger partial charge in [0.2, 0.25) is 5.90 Å². The van der Waals surface area contributed by atoms with Crippen LogP contribution in [0.25, 0.3) is 6.08 Å². The number of nitrogens with zero attached hydrogens (tertiary/aromatic N) is 1. The Bertz CT molecular complexity index is 789. The van der Waals surface area contributed by atoms with Crippen molar-refractivity contribution in [3.05, 3.63) is 70.9 Å². The lowest BCUT2D eigenvalue weighted by Gasteiger charge is -2.02. The SMILES string of the molecule is COc1ccc(CC2=N/C(=C\c3ccccc3C)C(=O)O2)cc1. The van der Waals surface area contributed by atoms with Crippen molar-refractivity contribution in [1.29, 1.82) is 0 Å². The number of aliphatic imine (C=N–C) groups is 1. The van der Waals surface area contributed by atoms with Crippen molar-refractivity contribution >= 4 is 17.9 Å². The Balaban J connectivity index is 1.79. The Labute approximate surface area is 135 Å². The van der Waals surface area contributed by atoms with Crippen molar-refractivity contribution in [2.24, 2.45) is 4.99 Å². The Morgan fingerprint density at radius 1 is 1.13 bits per heavy atom. The van der Waals surface area contributed by atoms with E-state index in [1.165, 1.54) is 0 Å². The van der Waals surface area contributed by atoms with E-state index >= 15 is 0 Å². The molecule has 0 aliphatic carbocycles. The summed E-state index contributed by atoms with van der Waals surface area (Å²) in [6.07, 6.45) is 2.24. The first kappa shape index (κ1) is 15.0. The molecule has 0 saturated heterocycles. The molecular formula is C19H17NO3. The van der Waals surface area contributed by atoms with Gasteiger partial charge in [-0.15, -0.1) is 0 Å². The number of ether oxygens (including phenoxy) is 2. The van der Waals surface area contributed by atoms with E-state index in [2.05, 4.69) is 4.99 Å². The highest BCUT2D eigenvalue weighted by Crippen LogP contribution is 2.20. The molecule has 0 amide bonds. The van der Waals surface area contributed by atoms with Crippen LogP contribution in [0.4, 0.5) is 0 Å². The summed E-state index contributed by atoms with van der Waals surface area (Å²) in [6.45, 7) is 1.99. The maximum absolute atomic E-state index is 12.0. The second kappa shape index (κ2) is 6.48. The van der Waals surface area contributed by atoms with Crippen LogP contribution in [0, 0.1) is 6.92 Å². The average molecular weight is 307 g/mol. The van der Waals surface area contributed by atoms with Gasteiger partial charge in [-0.2, -0.15) is 0 Å². The van der Waals surface area contributed by atoms with E-state index in [1.807, 2.05) is 55.5 Å². The zero-order valence-electron chi connectivity index (χ0n) is 13.1. The van der Waals surface area contributed by atoms with E-state index in [-0.39, 0.29) is 0 Å². The number of cyclic esters (lactones) is 1.